The van der Waals surface area contributed by atoms with E-state index in [9.17, 15) is 9.59 Å². The SMILES string of the molecule is Cl.O=C1C2CCCN2C(=O)N1CCCNCC1CCc2ccccc2O1. The van der Waals surface area contributed by atoms with Crippen molar-refractivity contribution in [3.63, 3.8) is 0 Å². The smallest absolute Gasteiger partial charge is 0.327 e. The maximum Gasteiger partial charge on any atom is 0.327 e. The Morgan fingerprint density at radius 1 is 1.19 bits per heavy atom. The lowest BCUT2D eigenvalue weighted by molar-refractivity contribution is -0.128. The molecule has 2 fully saturated rings. The molecule has 0 bridgehead atoms. The lowest BCUT2D eigenvalue weighted by atomic mass is 10.0. The second-order valence-electron chi connectivity index (χ2n) is 7.07. The van der Waals surface area contributed by atoms with Crippen LogP contribution in [0.1, 0.15) is 31.2 Å². The van der Waals surface area contributed by atoms with Gasteiger partial charge in [0.1, 0.15) is 17.9 Å². The van der Waals surface area contributed by atoms with Gasteiger partial charge in [0.05, 0.1) is 0 Å². The van der Waals surface area contributed by atoms with E-state index in [2.05, 4.69) is 11.4 Å². The summed E-state index contributed by atoms with van der Waals surface area (Å²) in [7, 11) is 0. The Labute approximate surface area is 160 Å². The van der Waals surface area contributed by atoms with Crippen molar-refractivity contribution in [2.45, 2.75) is 44.2 Å². The van der Waals surface area contributed by atoms with Gasteiger partial charge < -0.3 is 15.0 Å². The molecule has 26 heavy (non-hydrogen) atoms. The van der Waals surface area contributed by atoms with Crippen molar-refractivity contribution >= 4 is 24.3 Å². The van der Waals surface area contributed by atoms with Crippen molar-refractivity contribution in [1.82, 2.24) is 15.1 Å². The van der Waals surface area contributed by atoms with Gasteiger partial charge in [-0.25, -0.2) is 4.79 Å². The van der Waals surface area contributed by atoms with Crippen molar-refractivity contribution in [1.29, 1.82) is 0 Å². The number of para-hydroxylation sites is 1. The van der Waals surface area contributed by atoms with Crippen molar-refractivity contribution in [3.8, 4) is 5.75 Å². The molecule has 3 amide bonds. The fourth-order valence-electron chi connectivity index (χ4n) is 4.04. The van der Waals surface area contributed by atoms with E-state index >= 15 is 0 Å². The second-order valence-corrected chi connectivity index (χ2v) is 7.07. The maximum atomic E-state index is 12.2. The Morgan fingerprint density at radius 3 is 2.88 bits per heavy atom. The number of amides is 3. The van der Waals surface area contributed by atoms with E-state index in [0.29, 0.717) is 6.54 Å². The summed E-state index contributed by atoms with van der Waals surface area (Å²) in [5, 5.41) is 3.40. The van der Waals surface area contributed by atoms with E-state index in [1.807, 2.05) is 18.2 Å². The number of hydrogen-bond acceptors (Lipinski definition) is 4. The lowest BCUT2D eigenvalue weighted by Crippen LogP contribution is -2.37. The fourth-order valence-corrected chi connectivity index (χ4v) is 4.04. The quantitative estimate of drug-likeness (QED) is 0.608. The van der Waals surface area contributed by atoms with Gasteiger partial charge in [0.25, 0.3) is 5.91 Å². The highest BCUT2D eigenvalue weighted by Crippen LogP contribution is 2.28. The maximum absolute atomic E-state index is 12.2. The molecule has 1 aromatic rings. The van der Waals surface area contributed by atoms with Gasteiger partial charge in [0, 0.05) is 19.6 Å². The van der Waals surface area contributed by atoms with E-state index < -0.39 is 0 Å². The minimum Gasteiger partial charge on any atom is -0.489 e. The molecule has 3 heterocycles. The summed E-state index contributed by atoms with van der Waals surface area (Å²) in [5.41, 5.74) is 1.28. The molecule has 3 aliphatic heterocycles. The number of halogens is 1. The summed E-state index contributed by atoms with van der Waals surface area (Å²) in [6.45, 7) is 2.81. The molecule has 142 valence electrons. The van der Waals surface area contributed by atoms with Gasteiger partial charge in [0.15, 0.2) is 0 Å². The number of carbonyl (C=O) groups is 2. The molecule has 0 aliphatic carbocycles. The number of rotatable bonds is 6. The van der Waals surface area contributed by atoms with E-state index in [1.165, 1.54) is 10.5 Å². The number of urea groups is 1. The molecule has 2 saturated heterocycles. The summed E-state index contributed by atoms with van der Waals surface area (Å²) in [6, 6.07) is 7.92. The van der Waals surface area contributed by atoms with E-state index in [0.717, 1.165) is 57.5 Å². The van der Waals surface area contributed by atoms with Crippen LogP contribution in [-0.2, 0) is 11.2 Å². The van der Waals surface area contributed by atoms with Crippen LogP contribution in [0.15, 0.2) is 24.3 Å². The molecular weight excluding hydrogens is 354 g/mol. The van der Waals surface area contributed by atoms with Gasteiger partial charge in [-0.05, 0) is 50.3 Å². The van der Waals surface area contributed by atoms with Crippen molar-refractivity contribution in [3.05, 3.63) is 29.8 Å². The average Bonchev–Trinajstić information content (AvgIpc) is 3.20. The normalized spacial score (nSPS) is 24.2. The molecule has 2 atom stereocenters. The largest absolute Gasteiger partial charge is 0.489 e. The van der Waals surface area contributed by atoms with Crippen molar-refractivity contribution in [2.75, 3.05) is 26.2 Å². The third-order valence-corrected chi connectivity index (χ3v) is 5.39. The topological polar surface area (TPSA) is 61.9 Å². The predicted molar refractivity (Wildman–Crippen MR) is 101 cm³/mol. The first-order valence-electron chi connectivity index (χ1n) is 9.31. The number of imide groups is 1. The summed E-state index contributed by atoms with van der Waals surface area (Å²) < 4.78 is 6.01. The number of ether oxygens (including phenoxy) is 1. The number of aryl methyl sites for hydroxylation is 1. The van der Waals surface area contributed by atoms with Gasteiger partial charge in [-0.3, -0.25) is 9.69 Å². The molecule has 0 aromatic heterocycles. The molecule has 2 unspecified atom stereocenters. The van der Waals surface area contributed by atoms with Crippen molar-refractivity contribution < 1.29 is 14.3 Å². The first-order chi connectivity index (χ1) is 12.2. The van der Waals surface area contributed by atoms with Crippen LogP contribution in [0.2, 0.25) is 0 Å². The monoisotopic (exact) mass is 379 g/mol. The van der Waals surface area contributed by atoms with Gasteiger partial charge in [0.2, 0.25) is 0 Å². The fraction of sp³-hybridized carbons (Fsp3) is 0.579. The molecule has 7 heteroatoms. The number of nitrogens with one attached hydrogen (secondary N) is 1. The second kappa shape index (κ2) is 8.27. The van der Waals surface area contributed by atoms with E-state index in [-0.39, 0.29) is 36.5 Å². The van der Waals surface area contributed by atoms with E-state index in [1.54, 1.807) is 4.90 Å². The average molecular weight is 380 g/mol. The highest BCUT2D eigenvalue weighted by molar-refractivity contribution is 6.04. The zero-order valence-corrected chi connectivity index (χ0v) is 15.7. The Hall–Kier alpha value is -1.79. The number of fused-ring (bicyclic) bond motifs is 2. The minimum atomic E-state index is -0.184. The molecule has 0 saturated carbocycles. The molecule has 3 aliphatic rings. The lowest BCUT2D eigenvalue weighted by Gasteiger charge is -2.26. The van der Waals surface area contributed by atoms with Crippen molar-refractivity contribution in [2.24, 2.45) is 0 Å². The molecule has 6 nitrogen and oxygen atoms in total. The van der Waals surface area contributed by atoms with Crippen LogP contribution in [-0.4, -0.2) is 60.1 Å². The number of hydrogen-bond donors (Lipinski definition) is 1. The standard InChI is InChI=1S/C19H25N3O3.ClH/c23-18-16-6-3-11-21(16)19(24)22(18)12-4-10-20-13-15-9-8-14-5-1-2-7-17(14)25-15;/h1-2,5,7,15-16,20H,3-4,6,8-13H2;1H. The highest BCUT2D eigenvalue weighted by atomic mass is 35.5. The van der Waals surface area contributed by atoms with Crippen LogP contribution in [0.5, 0.6) is 5.75 Å². The highest BCUT2D eigenvalue weighted by Gasteiger charge is 2.46. The van der Waals surface area contributed by atoms with E-state index in [4.69, 9.17) is 4.74 Å². The summed E-state index contributed by atoms with van der Waals surface area (Å²) >= 11 is 0. The number of nitrogens with zero attached hydrogens (tertiary/aromatic N) is 2. The van der Waals surface area contributed by atoms with Crippen LogP contribution in [0.25, 0.3) is 0 Å². The molecule has 0 radical (unpaired) electrons. The van der Waals surface area contributed by atoms with Gasteiger partial charge in [-0.15, -0.1) is 12.4 Å². The predicted octanol–water partition coefficient (Wildman–Crippen LogP) is 2.21. The summed E-state index contributed by atoms with van der Waals surface area (Å²) in [4.78, 5) is 27.6. The Balaban J connectivity index is 0.00000196. The molecule has 0 spiro atoms. The van der Waals surface area contributed by atoms with Crippen LogP contribution in [0.3, 0.4) is 0 Å². The first kappa shape index (κ1) is 19.0. The van der Waals surface area contributed by atoms with Gasteiger partial charge in [-0.1, -0.05) is 18.2 Å². The Morgan fingerprint density at radius 2 is 2.04 bits per heavy atom. The van der Waals surface area contributed by atoms with Gasteiger partial charge in [-0.2, -0.15) is 0 Å². The van der Waals surface area contributed by atoms with Crippen LogP contribution in [0, 0.1) is 0 Å². The summed E-state index contributed by atoms with van der Waals surface area (Å²) in [5.74, 6) is 0.990. The number of benzene rings is 1. The van der Waals surface area contributed by atoms with Gasteiger partial charge >= 0.3 is 6.03 Å². The minimum absolute atomic E-state index is 0. The molecule has 4 rings (SSSR count). The zero-order chi connectivity index (χ0) is 17.2. The Kier molecular flexibility index (Phi) is 6.04. The Bertz CT molecular complexity index is 647. The molecule has 1 aromatic carbocycles. The third-order valence-electron chi connectivity index (χ3n) is 5.39. The van der Waals surface area contributed by atoms with Crippen LogP contribution < -0.4 is 10.1 Å². The number of carbonyl (C=O) groups excluding carboxylic acids is 2. The third kappa shape index (κ3) is 3.67. The molecule has 1 N–H and O–H groups in total. The van der Waals surface area contributed by atoms with Crippen LogP contribution in [0.4, 0.5) is 4.79 Å². The van der Waals surface area contributed by atoms with Crippen LogP contribution >= 0.6 is 12.4 Å². The molecular formula is C19H26ClN3O3. The first-order valence-corrected chi connectivity index (χ1v) is 9.31. The summed E-state index contributed by atoms with van der Waals surface area (Å²) in [6.07, 6.45) is 4.80. The zero-order valence-electron chi connectivity index (χ0n) is 14.9.